The molecule has 0 aliphatic heterocycles. The summed E-state index contributed by atoms with van der Waals surface area (Å²) in [4.78, 5) is 15.0. The van der Waals surface area contributed by atoms with E-state index >= 15 is 0 Å². The number of fused-ring (bicyclic) bond motifs is 9. The monoisotopic (exact) mass is 747 g/mol. The van der Waals surface area contributed by atoms with E-state index in [9.17, 15) is 0 Å². The van der Waals surface area contributed by atoms with E-state index in [0.717, 1.165) is 77.3 Å². The van der Waals surface area contributed by atoms with Gasteiger partial charge in [-0.3, -0.25) is 0 Å². The van der Waals surface area contributed by atoms with Gasteiger partial charge in [0.1, 0.15) is 22.3 Å². The smallest absolute Gasteiger partial charge is 0.167 e. The molecule has 0 radical (unpaired) electrons. The number of nitrogens with zero attached hydrogens (tertiary/aromatic N) is 3. The maximum Gasteiger partial charge on any atom is 0.167 e. The highest BCUT2D eigenvalue weighted by Crippen LogP contribution is 2.48. The molecule has 12 rings (SSSR count). The maximum absolute atomic E-state index is 7.03. The quantitative estimate of drug-likeness (QED) is 0.175. The second-order valence-corrected chi connectivity index (χ2v) is 15.3. The summed E-state index contributed by atoms with van der Waals surface area (Å²) >= 11 is 1.83. The summed E-state index contributed by atoms with van der Waals surface area (Å²) in [5.74, 6) is 1.79. The third-order valence-corrected chi connectivity index (χ3v) is 12.2. The van der Waals surface area contributed by atoms with Crippen LogP contribution in [0.4, 0.5) is 0 Å². The highest BCUT2D eigenvalue weighted by Gasteiger charge is 2.22. The number of thiophene rings is 1. The van der Waals surface area contributed by atoms with E-state index in [1.807, 2.05) is 90.2 Å². The van der Waals surface area contributed by atoms with E-state index in [0.29, 0.717) is 17.5 Å². The Morgan fingerprint density at radius 1 is 0.351 bits per heavy atom. The molecule has 0 saturated carbocycles. The van der Waals surface area contributed by atoms with E-state index in [2.05, 4.69) is 97.1 Å². The lowest BCUT2D eigenvalue weighted by molar-refractivity contribution is 0.669. The van der Waals surface area contributed by atoms with Crippen molar-refractivity contribution in [1.82, 2.24) is 15.0 Å². The molecule has 0 spiro atoms. The van der Waals surface area contributed by atoms with Crippen molar-refractivity contribution in [2.45, 2.75) is 0 Å². The Labute approximate surface area is 330 Å². The fraction of sp³-hybridized carbons (Fsp3) is 0. The van der Waals surface area contributed by atoms with Crippen molar-refractivity contribution in [3.8, 4) is 56.4 Å². The van der Waals surface area contributed by atoms with Gasteiger partial charge in [-0.1, -0.05) is 146 Å². The van der Waals surface area contributed by atoms with E-state index in [1.54, 1.807) is 0 Å². The first-order chi connectivity index (χ1) is 28.2. The van der Waals surface area contributed by atoms with Gasteiger partial charge in [-0.05, 0) is 41.5 Å². The predicted octanol–water partition coefficient (Wildman–Crippen LogP) is 14.4. The van der Waals surface area contributed by atoms with Crippen molar-refractivity contribution in [3.05, 3.63) is 176 Å². The van der Waals surface area contributed by atoms with Crippen LogP contribution in [0.2, 0.25) is 0 Å². The van der Waals surface area contributed by atoms with Crippen LogP contribution in [0.5, 0.6) is 0 Å². The van der Waals surface area contributed by atoms with Crippen molar-refractivity contribution in [2.75, 3.05) is 0 Å². The predicted molar refractivity (Wildman–Crippen MR) is 234 cm³/mol. The number of aromatic nitrogens is 3. The summed E-state index contributed by atoms with van der Waals surface area (Å²) in [6.07, 6.45) is 0. The second kappa shape index (κ2) is 12.6. The van der Waals surface area contributed by atoms with Crippen molar-refractivity contribution in [3.63, 3.8) is 0 Å². The van der Waals surface area contributed by atoms with E-state index in [1.165, 1.54) is 25.7 Å². The molecular formula is C51H29N3O2S. The number of para-hydroxylation sites is 3. The van der Waals surface area contributed by atoms with Crippen molar-refractivity contribution in [1.29, 1.82) is 0 Å². The molecule has 266 valence electrons. The van der Waals surface area contributed by atoms with Gasteiger partial charge in [0.2, 0.25) is 0 Å². The van der Waals surface area contributed by atoms with Crippen molar-refractivity contribution < 1.29 is 8.83 Å². The van der Waals surface area contributed by atoms with E-state index in [-0.39, 0.29) is 0 Å². The number of hydrogen-bond acceptors (Lipinski definition) is 6. The standard InChI is InChI=1S/C51H29N3O2S/c1-3-13-30(14-4-1)49-52-50(31-15-5-2-6-16-31)54-51(53-49)40-22-12-20-36-35-19-11-21-37(46(35)56-47(36)40)38-27-26-33(45-39-18-8-10-24-44(39)57-48(38)45)32-25-28-43-41(29-32)34-17-7-9-23-42(34)55-43/h1-29H. The fourth-order valence-electron chi connectivity index (χ4n) is 8.31. The van der Waals surface area contributed by atoms with Crippen LogP contribution in [0, 0.1) is 0 Å². The van der Waals surface area contributed by atoms with Gasteiger partial charge < -0.3 is 8.83 Å². The number of rotatable bonds is 5. The zero-order valence-corrected chi connectivity index (χ0v) is 31.1. The molecule has 4 aromatic heterocycles. The van der Waals surface area contributed by atoms with Crippen LogP contribution >= 0.6 is 11.3 Å². The van der Waals surface area contributed by atoms with Crippen LogP contribution < -0.4 is 0 Å². The molecule has 0 fully saturated rings. The first-order valence-electron chi connectivity index (χ1n) is 18.9. The minimum absolute atomic E-state index is 0.563. The number of furan rings is 2. The Kier molecular flexibility index (Phi) is 7.03. The number of benzene rings is 8. The molecule has 8 aromatic carbocycles. The Bertz CT molecular complexity index is 3470. The lowest BCUT2D eigenvalue weighted by Crippen LogP contribution is -2.00. The molecule has 57 heavy (non-hydrogen) atoms. The molecule has 12 aromatic rings. The molecule has 0 aliphatic rings. The number of hydrogen-bond donors (Lipinski definition) is 0. The first kappa shape index (κ1) is 31.9. The summed E-state index contributed by atoms with van der Waals surface area (Å²) in [5.41, 5.74) is 10.5. The molecule has 4 heterocycles. The SMILES string of the molecule is c1ccc(-c2nc(-c3ccccc3)nc(-c3cccc4c3oc3c(-c5ccc(-c6ccc7oc8ccccc8c7c6)c6c5sc5ccccc56)cccc34)n2)cc1. The van der Waals surface area contributed by atoms with Crippen LogP contribution in [0.25, 0.3) is 120 Å². The van der Waals surface area contributed by atoms with Crippen LogP contribution in [0.1, 0.15) is 0 Å². The lowest BCUT2D eigenvalue weighted by Gasteiger charge is -2.10. The third-order valence-electron chi connectivity index (χ3n) is 11.0. The van der Waals surface area contributed by atoms with E-state index < -0.39 is 0 Å². The molecule has 0 atom stereocenters. The van der Waals surface area contributed by atoms with Crippen LogP contribution in [0.3, 0.4) is 0 Å². The molecule has 0 aliphatic carbocycles. The van der Waals surface area contributed by atoms with Crippen molar-refractivity contribution in [2.24, 2.45) is 0 Å². The Morgan fingerprint density at radius 3 is 1.68 bits per heavy atom. The highest BCUT2D eigenvalue weighted by molar-refractivity contribution is 7.26. The summed E-state index contributed by atoms with van der Waals surface area (Å²) in [7, 11) is 0. The normalized spacial score (nSPS) is 11.9. The van der Waals surface area contributed by atoms with Gasteiger partial charge in [-0.15, -0.1) is 11.3 Å². The average molecular weight is 748 g/mol. The van der Waals surface area contributed by atoms with Gasteiger partial charge in [0.25, 0.3) is 0 Å². The Morgan fingerprint density at radius 2 is 0.930 bits per heavy atom. The molecule has 0 unspecified atom stereocenters. The van der Waals surface area contributed by atoms with Crippen LogP contribution in [-0.2, 0) is 0 Å². The van der Waals surface area contributed by atoms with Gasteiger partial charge in [-0.25, -0.2) is 15.0 Å². The Balaban J connectivity index is 1.07. The van der Waals surface area contributed by atoms with Gasteiger partial charge in [0.15, 0.2) is 17.5 Å². The largest absolute Gasteiger partial charge is 0.456 e. The Hall–Kier alpha value is -7.41. The van der Waals surface area contributed by atoms with Crippen molar-refractivity contribution >= 4 is 75.4 Å². The third kappa shape index (κ3) is 5.04. The first-order valence-corrected chi connectivity index (χ1v) is 19.7. The average Bonchev–Trinajstić information content (AvgIpc) is 3.98. The zero-order valence-electron chi connectivity index (χ0n) is 30.3. The topological polar surface area (TPSA) is 65.0 Å². The molecule has 0 saturated heterocycles. The summed E-state index contributed by atoms with van der Waals surface area (Å²) in [5, 5.41) is 6.77. The molecule has 5 nitrogen and oxygen atoms in total. The minimum atomic E-state index is 0.563. The van der Waals surface area contributed by atoms with Gasteiger partial charge >= 0.3 is 0 Å². The van der Waals surface area contributed by atoms with E-state index in [4.69, 9.17) is 23.8 Å². The summed E-state index contributed by atoms with van der Waals surface area (Å²) in [6.45, 7) is 0. The maximum atomic E-state index is 7.03. The zero-order chi connectivity index (χ0) is 37.5. The van der Waals surface area contributed by atoms with Gasteiger partial charge in [-0.2, -0.15) is 0 Å². The minimum Gasteiger partial charge on any atom is -0.456 e. The molecule has 6 heteroatoms. The second-order valence-electron chi connectivity index (χ2n) is 14.3. The summed E-state index contributed by atoms with van der Waals surface area (Å²) < 4.78 is 15.7. The summed E-state index contributed by atoms with van der Waals surface area (Å²) in [6, 6.07) is 60.9. The van der Waals surface area contributed by atoms with Gasteiger partial charge in [0.05, 0.1) is 5.56 Å². The van der Waals surface area contributed by atoms with Crippen LogP contribution in [0.15, 0.2) is 185 Å². The van der Waals surface area contributed by atoms with Crippen LogP contribution in [-0.4, -0.2) is 15.0 Å². The van der Waals surface area contributed by atoms with Gasteiger partial charge in [0, 0.05) is 64.0 Å². The lowest BCUT2D eigenvalue weighted by atomic mass is 9.93. The molecule has 0 bridgehead atoms. The highest BCUT2D eigenvalue weighted by atomic mass is 32.1. The molecule has 0 N–H and O–H groups in total. The molecule has 0 amide bonds. The fourth-order valence-corrected chi connectivity index (χ4v) is 9.57. The molecular weight excluding hydrogens is 719 g/mol.